The molecule has 5 heteroatoms. The van der Waals surface area contributed by atoms with Crippen LogP contribution in [0.15, 0.2) is 40.8 Å². The van der Waals surface area contributed by atoms with Crippen LogP contribution in [0, 0.1) is 6.92 Å². The lowest BCUT2D eigenvalue weighted by Gasteiger charge is -2.19. The summed E-state index contributed by atoms with van der Waals surface area (Å²) in [5, 5.41) is 3.40. The van der Waals surface area contributed by atoms with Crippen molar-refractivity contribution in [3.63, 3.8) is 0 Å². The highest BCUT2D eigenvalue weighted by Gasteiger charge is 2.14. The predicted octanol–water partition coefficient (Wildman–Crippen LogP) is 4.60. The SMILES string of the molecule is Cc1ccc(C(C)NC(C)c2ccc(OC(F)F)cc2)o1. The van der Waals surface area contributed by atoms with Crippen LogP contribution in [0.25, 0.3) is 0 Å². The van der Waals surface area contributed by atoms with Crippen molar-refractivity contribution >= 4 is 0 Å². The Balaban J connectivity index is 1.98. The van der Waals surface area contributed by atoms with Gasteiger partial charge in [0.05, 0.1) is 6.04 Å². The molecule has 0 radical (unpaired) electrons. The molecule has 1 aromatic carbocycles. The Bertz CT molecular complexity index is 566. The van der Waals surface area contributed by atoms with E-state index in [1.807, 2.05) is 32.9 Å². The number of ether oxygens (including phenoxy) is 1. The van der Waals surface area contributed by atoms with Gasteiger partial charge in [-0.1, -0.05) is 12.1 Å². The van der Waals surface area contributed by atoms with Crippen LogP contribution >= 0.6 is 0 Å². The minimum Gasteiger partial charge on any atom is -0.465 e. The van der Waals surface area contributed by atoms with Crippen LogP contribution in [0.4, 0.5) is 8.78 Å². The standard InChI is InChI=1S/C16H19F2NO2/c1-10-4-9-15(20-10)12(3)19-11(2)13-5-7-14(8-6-13)21-16(17)18/h4-9,11-12,16,19H,1-3H3. The van der Waals surface area contributed by atoms with Crippen molar-refractivity contribution in [2.45, 2.75) is 39.5 Å². The van der Waals surface area contributed by atoms with Gasteiger partial charge in [-0.15, -0.1) is 0 Å². The second-order valence-electron chi connectivity index (χ2n) is 5.01. The van der Waals surface area contributed by atoms with Gasteiger partial charge < -0.3 is 14.5 Å². The average Bonchev–Trinajstić information content (AvgIpc) is 2.85. The molecule has 1 aromatic heterocycles. The van der Waals surface area contributed by atoms with Crippen molar-refractivity contribution in [3.05, 3.63) is 53.5 Å². The summed E-state index contributed by atoms with van der Waals surface area (Å²) in [6.07, 6.45) is 0. The van der Waals surface area contributed by atoms with Crippen molar-refractivity contribution in [1.29, 1.82) is 0 Å². The van der Waals surface area contributed by atoms with Crippen LogP contribution in [0.3, 0.4) is 0 Å². The number of aryl methyl sites for hydroxylation is 1. The van der Waals surface area contributed by atoms with E-state index in [-0.39, 0.29) is 17.8 Å². The normalized spacial score (nSPS) is 14.2. The summed E-state index contributed by atoms with van der Waals surface area (Å²) in [6.45, 7) is 3.13. The Morgan fingerprint density at radius 2 is 1.67 bits per heavy atom. The first kappa shape index (κ1) is 15.5. The van der Waals surface area contributed by atoms with Gasteiger partial charge in [0.25, 0.3) is 0 Å². The molecule has 21 heavy (non-hydrogen) atoms. The van der Waals surface area contributed by atoms with Gasteiger partial charge in [-0.05, 0) is 50.6 Å². The molecule has 1 heterocycles. The van der Waals surface area contributed by atoms with Gasteiger partial charge in [0, 0.05) is 6.04 Å². The highest BCUT2D eigenvalue weighted by molar-refractivity contribution is 5.29. The van der Waals surface area contributed by atoms with Crippen LogP contribution in [-0.4, -0.2) is 6.61 Å². The summed E-state index contributed by atoms with van der Waals surface area (Å²) in [4.78, 5) is 0. The molecule has 2 unspecified atom stereocenters. The summed E-state index contributed by atoms with van der Waals surface area (Å²) >= 11 is 0. The Hall–Kier alpha value is -1.88. The number of hydrogen-bond donors (Lipinski definition) is 1. The number of halogens is 2. The molecule has 0 fully saturated rings. The van der Waals surface area contributed by atoms with Crippen molar-refractivity contribution < 1.29 is 17.9 Å². The van der Waals surface area contributed by atoms with Crippen molar-refractivity contribution in [2.75, 3.05) is 0 Å². The van der Waals surface area contributed by atoms with Gasteiger partial charge in [0.1, 0.15) is 17.3 Å². The first-order valence-corrected chi connectivity index (χ1v) is 6.83. The second kappa shape index (κ2) is 6.72. The van der Waals surface area contributed by atoms with E-state index in [9.17, 15) is 8.78 Å². The fourth-order valence-electron chi connectivity index (χ4n) is 2.18. The average molecular weight is 295 g/mol. The third-order valence-electron chi connectivity index (χ3n) is 3.29. The van der Waals surface area contributed by atoms with Gasteiger partial charge in [-0.2, -0.15) is 8.78 Å². The summed E-state index contributed by atoms with van der Waals surface area (Å²) in [7, 11) is 0. The maximum absolute atomic E-state index is 12.1. The van der Waals surface area contributed by atoms with Crippen LogP contribution in [-0.2, 0) is 0 Å². The molecule has 114 valence electrons. The third-order valence-corrected chi connectivity index (χ3v) is 3.29. The summed E-state index contributed by atoms with van der Waals surface area (Å²) in [5.41, 5.74) is 0.992. The molecule has 0 aliphatic carbocycles. The smallest absolute Gasteiger partial charge is 0.387 e. The first-order chi connectivity index (χ1) is 9.95. The van der Waals surface area contributed by atoms with Gasteiger partial charge in [0.15, 0.2) is 0 Å². The minimum absolute atomic E-state index is 0.0608. The number of alkyl halides is 2. The molecule has 1 N–H and O–H groups in total. The molecular weight excluding hydrogens is 276 g/mol. The monoisotopic (exact) mass is 295 g/mol. The topological polar surface area (TPSA) is 34.4 Å². The fraction of sp³-hybridized carbons (Fsp3) is 0.375. The van der Waals surface area contributed by atoms with Crippen molar-refractivity contribution in [1.82, 2.24) is 5.32 Å². The Kier molecular flexibility index (Phi) is 4.96. The van der Waals surface area contributed by atoms with Crippen LogP contribution in [0.1, 0.15) is 43.0 Å². The molecule has 2 rings (SSSR count). The van der Waals surface area contributed by atoms with E-state index in [0.717, 1.165) is 17.1 Å². The minimum atomic E-state index is -2.80. The lowest BCUT2D eigenvalue weighted by atomic mass is 10.1. The molecule has 2 atom stereocenters. The fourth-order valence-corrected chi connectivity index (χ4v) is 2.18. The lowest BCUT2D eigenvalue weighted by molar-refractivity contribution is -0.0498. The lowest BCUT2D eigenvalue weighted by Crippen LogP contribution is -2.22. The Morgan fingerprint density at radius 1 is 1.00 bits per heavy atom. The summed E-state index contributed by atoms with van der Waals surface area (Å²) < 4.78 is 34.1. The zero-order valence-electron chi connectivity index (χ0n) is 12.3. The van der Waals surface area contributed by atoms with E-state index in [1.165, 1.54) is 0 Å². The number of benzene rings is 1. The summed E-state index contributed by atoms with van der Waals surface area (Å²) in [6, 6.07) is 10.6. The molecule has 0 saturated heterocycles. The van der Waals surface area contributed by atoms with E-state index in [2.05, 4.69) is 10.1 Å². The van der Waals surface area contributed by atoms with Crippen LogP contribution in [0.2, 0.25) is 0 Å². The molecular formula is C16H19F2NO2. The maximum Gasteiger partial charge on any atom is 0.387 e. The molecule has 0 spiro atoms. The summed E-state index contributed by atoms with van der Waals surface area (Å²) in [5.74, 6) is 1.91. The van der Waals surface area contributed by atoms with E-state index in [1.54, 1.807) is 24.3 Å². The van der Waals surface area contributed by atoms with E-state index >= 15 is 0 Å². The maximum atomic E-state index is 12.1. The zero-order chi connectivity index (χ0) is 15.4. The van der Waals surface area contributed by atoms with Gasteiger partial charge >= 0.3 is 6.61 Å². The molecule has 3 nitrogen and oxygen atoms in total. The number of furan rings is 1. The highest BCUT2D eigenvalue weighted by Crippen LogP contribution is 2.23. The molecule has 0 saturated carbocycles. The second-order valence-corrected chi connectivity index (χ2v) is 5.01. The van der Waals surface area contributed by atoms with Crippen LogP contribution in [0.5, 0.6) is 5.75 Å². The molecule has 0 aliphatic rings. The van der Waals surface area contributed by atoms with Gasteiger partial charge in [-0.3, -0.25) is 0 Å². The Morgan fingerprint density at radius 3 is 2.19 bits per heavy atom. The largest absolute Gasteiger partial charge is 0.465 e. The predicted molar refractivity (Wildman–Crippen MR) is 76.5 cm³/mol. The van der Waals surface area contributed by atoms with E-state index in [0.29, 0.717) is 0 Å². The zero-order valence-corrected chi connectivity index (χ0v) is 12.3. The molecule has 0 amide bonds. The van der Waals surface area contributed by atoms with Crippen molar-refractivity contribution in [2.24, 2.45) is 0 Å². The highest BCUT2D eigenvalue weighted by atomic mass is 19.3. The number of rotatable bonds is 6. The first-order valence-electron chi connectivity index (χ1n) is 6.83. The molecule has 0 bridgehead atoms. The van der Waals surface area contributed by atoms with E-state index in [4.69, 9.17) is 4.42 Å². The number of hydrogen-bond acceptors (Lipinski definition) is 3. The molecule has 2 aromatic rings. The molecule has 0 aliphatic heterocycles. The third kappa shape index (κ3) is 4.29. The Labute approximate surface area is 122 Å². The van der Waals surface area contributed by atoms with Crippen molar-refractivity contribution in [3.8, 4) is 5.75 Å². The van der Waals surface area contributed by atoms with Gasteiger partial charge in [0.2, 0.25) is 0 Å². The quantitative estimate of drug-likeness (QED) is 0.845. The number of nitrogens with one attached hydrogen (secondary N) is 1. The van der Waals surface area contributed by atoms with E-state index < -0.39 is 6.61 Å². The van der Waals surface area contributed by atoms with Crippen LogP contribution < -0.4 is 10.1 Å². The van der Waals surface area contributed by atoms with Gasteiger partial charge in [-0.25, -0.2) is 0 Å².